The monoisotopic (exact) mass is 257 g/mol. The van der Waals surface area contributed by atoms with E-state index >= 15 is 0 Å². The van der Waals surface area contributed by atoms with Crippen LogP contribution in [0.4, 0.5) is 5.95 Å². The number of thioether (sulfide) groups is 1. The standard InChI is InChI=1S/C10H19N5OS/c1-3-4-5-6-12-8(16)7(2)17-10-13-9(11)14-15-10/h7H,3-6H2,1-2H3,(H,12,16)(H3,11,13,14,15). The summed E-state index contributed by atoms with van der Waals surface area (Å²) >= 11 is 1.29. The van der Waals surface area contributed by atoms with Crippen molar-refractivity contribution >= 4 is 23.6 Å². The van der Waals surface area contributed by atoms with Crippen molar-refractivity contribution in [1.29, 1.82) is 0 Å². The molecule has 0 aromatic carbocycles. The molecule has 17 heavy (non-hydrogen) atoms. The number of unbranched alkanes of at least 4 members (excludes halogenated alkanes) is 2. The molecule has 1 amide bonds. The highest BCUT2D eigenvalue weighted by molar-refractivity contribution is 8.00. The summed E-state index contributed by atoms with van der Waals surface area (Å²) in [5, 5.41) is 9.58. The largest absolute Gasteiger partial charge is 0.368 e. The molecule has 6 nitrogen and oxygen atoms in total. The van der Waals surface area contributed by atoms with Crippen molar-refractivity contribution in [2.24, 2.45) is 0 Å². The Morgan fingerprint density at radius 3 is 2.94 bits per heavy atom. The second kappa shape index (κ2) is 7.16. The van der Waals surface area contributed by atoms with Gasteiger partial charge < -0.3 is 11.1 Å². The Kier molecular flexibility index (Phi) is 5.82. The molecule has 0 saturated heterocycles. The summed E-state index contributed by atoms with van der Waals surface area (Å²) in [7, 11) is 0. The number of amides is 1. The molecule has 1 aromatic heterocycles. The van der Waals surface area contributed by atoms with Crippen LogP contribution in [-0.4, -0.2) is 32.9 Å². The Morgan fingerprint density at radius 1 is 1.59 bits per heavy atom. The minimum absolute atomic E-state index is 0.00877. The lowest BCUT2D eigenvalue weighted by atomic mass is 10.2. The molecule has 4 N–H and O–H groups in total. The maximum atomic E-state index is 11.7. The van der Waals surface area contributed by atoms with Gasteiger partial charge in [0.05, 0.1) is 5.25 Å². The van der Waals surface area contributed by atoms with Crippen molar-refractivity contribution in [2.75, 3.05) is 12.3 Å². The molecular formula is C10H19N5OS. The van der Waals surface area contributed by atoms with Gasteiger partial charge in [0.2, 0.25) is 17.0 Å². The van der Waals surface area contributed by atoms with Gasteiger partial charge in [0.15, 0.2) is 0 Å². The highest BCUT2D eigenvalue weighted by atomic mass is 32.2. The topological polar surface area (TPSA) is 96.7 Å². The molecule has 0 saturated carbocycles. The van der Waals surface area contributed by atoms with Gasteiger partial charge in [-0.1, -0.05) is 31.5 Å². The Labute approximate surface area is 105 Å². The predicted octanol–water partition coefficient (Wildman–Crippen LogP) is 1.17. The Bertz CT molecular complexity index is 354. The molecule has 1 aromatic rings. The molecule has 0 aliphatic carbocycles. The van der Waals surface area contributed by atoms with Crippen LogP contribution >= 0.6 is 11.8 Å². The van der Waals surface area contributed by atoms with Crippen LogP contribution in [0.1, 0.15) is 33.1 Å². The van der Waals surface area contributed by atoms with Gasteiger partial charge in [-0.05, 0) is 13.3 Å². The minimum Gasteiger partial charge on any atom is -0.368 e. The molecular weight excluding hydrogens is 238 g/mol. The first-order chi connectivity index (χ1) is 8.13. The number of carbonyl (C=O) groups excluding carboxylic acids is 1. The molecule has 1 rings (SSSR count). The molecule has 7 heteroatoms. The third kappa shape index (κ3) is 5.08. The van der Waals surface area contributed by atoms with Crippen molar-refractivity contribution in [2.45, 2.75) is 43.5 Å². The molecule has 1 unspecified atom stereocenters. The van der Waals surface area contributed by atoms with E-state index in [-0.39, 0.29) is 17.1 Å². The van der Waals surface area contributed by atoms with E-state index in [2.05, 4.69) is 27.4 Å². The van der Waals surface area contributed by atoms with Gasteiger partial charge in [0.25, 0.3) is 0 Å². The van der Waals surface area contributed by atoms with Gasteiger partial charge in [0, 0.05) is 6.54 Å². The van der Waals surface area contributed by atoms with Crippen LogP contribution in [0.2, 0.25) is 0 Å². The van der Waals surface area contributed by atoms with Crippen LogP contribution in [0.5, 0.6) is 0 Å². The number of nitrogen functional groups attached to an aromatic ring is 1. The van der Waals surface area contributed by atoms with Crippen LogP contribution in [0.25, 0.3) is 0 Å². The van der Waals surface area contributed by atoms with Crippen LogP contribution in [-0.2, 0) is 4.79 Å². The second-order valence-corrected chi connectivity index (χ2v) is 5.07. The highest BCUT2D eigenvalue weighted by Gasteiger charge is 2.16. The van der Waals surface area contributed by atoms with E-state index in [9.17, 15) is 4.79 Å². The fraction of sp³-hybridized carbons (Fsp3) is 0.700. The summed E-state index contributed by atoms with van der Waals surface area (Å²) < 4.78 is 0. The summed E-state index contributed by atoms with van der Waals surface area (Å²) in [5.41, 5.74) is 5.40. The van der Waals surface area contributed by atoms with Gasteiger partial charge in [-0.25, -0.2) is 5.10 Å². The van der Waals surface area contributed by atoms with Crippen molar-refractivity contribution in [1.82, 2.24) is 20.5 Å². The molecule has 0 fully saturated rings. The van der Waals surface area contributed by atoms with E-state index in [0.29, 0.717) is 5.16 Å². The molecule has 0 spiro atoms. The van der Waals surface area contributed by atoms with E-state index < -0.39 is 0 Å². The summed E-state index contributed by atoms with van der Waals surface area (Å²) in [5.74, 6) is 0.275. The fourth-order valence-electron chi connectivity index (χ4n) is 1.25. The lowest BCUT2D eigenvalue weighted by Gasteiger charge is -2.09. The molecule has 0 radical (unpaired) electrons. The van der Waals surface area contributed by atoms with E-state index in [0.717, 1.165) is 25.8 Å². The molecule has 1 atom stereocenters. The predicted molar refractivity (Wildman–Crippen MR) is 68.6 cm³/mol. The lowest BCUT2D eigenvalue weighted by Crippen LogP contribution is -2.31. The molecule has 0 aliphatic rings. The zero-order chi connectivity index (χ0) is 12.7. The smallest absolute Gasteiger partial charge is 0.233 e. The van der Waals surface area contributed by atoms with Crippen molar-refractivity contribution < 1.29 is 4.79 Å². The first kappa shape index (κ1) is 13.8. The second-order valence-electron chi connectivity index (χ2n) is 3.76. The summed E-state index contributed by atoms with van der Waals surface area (Å²) in [6.45, 7) is 4.69. The Balaban J connectivity index is 2.27. The van der Waals surface area contributed by atoms with E-state index in [1.54, 1.807) is 0 Å². The molecule has 1 heterocycles. The van der Waals surface area contributed by atoms with Crippen LogP contribution < -0.4 is 11.1 Å². The third-order valence-corrected chi connectivity index (χ3v) is 3.17. The number of hydrogen-bond acceptors (Lipinski definition) is 5. The van der Waals surface area contributed by atoms with Crippen molar-refractivity contribution in [3.05, 3.63) is 0 Å². The lowest BCUT2D eigenvalue weighted by molar-refractivity contribution is -0.120. The molecule has 96 valence electrons. The Hall–Kier alpha value is -1.24. The number of aromatic nitrogens is 3. The van der Waals surface area contributed by atoms with Crippen LogP contribution in [0.15, 0.2) is 5.16 Å². The number of carbonyl (C=O) groups is 1. The van der Waals surface area contributed by atoms with Gasteiger partial charge in [-0.2, -0.15) is 4.98 Å². The number of aromatic amines is 1. The molecule has 0 bridgehead atoms. The maximum absolute atomic E-state index is 11.7. The van der Waals surface area contributed by atoms with Crippen molar-refractivity contribution in [3.8, 4) is 0 Å². The van der Waals surface area contributed by atoms with Crippen molar-refractivity contribution in [3.63, 3.8) is 0 Å². The Morgan fingerprint density at radius 2 is 2.35 bits per heavy atom. The van der Waals surface area contributed by atoms with E-state index in [1.807, 2.05) is 6.92 Å². The number of H-pyrrole nitrogens is 1. The number of hydrogen-bond donors (Lipinski definition) is 3. The number of nitrogens with one attached hydrogen (secondary N) is 2. The average molecular weight is 257 g/mol. The highest BCUT2D eigenvalue weighted by Crippen LogP contribution is 2.19. The number of rotatable bonds is 7. The quantitative estimate of drug-likeness (QED) is 0.503. The number of anilines is 1. The zero-order valence-electron chi connectivity index (χ0n) is 10.2. The summed E-state index contributed by atoms with van der Waals surface area (Å²) in [6.07, 6.45) is 3.31. The number of nitrogens with zero attached hydrogens (tertiary/aromatic N) is 2. The first-order valence-electron chi connectivity index (χ1n) is 5.75. The zero-order valence-corrected chi connectivity index (χ0v) is 11.0. The first-order valence-corrected chi connectivity index (χ1v) is 6.63. The van der Waals surface area contributed by atoms with Gasteiger partial charge >= 0.3 is 0 Å². The minimum atomic E-state index is -0.216. The number of nitrogens with two attached hydrogens (primary N) is 1. The van der Waals surface area contributed by atoms with Gasteiger partial charge in [-0.15, -0.1) is 5.10 Å². The third-order valence-electron chi connectivity index (χ3n) is 2.21. The van der Waals surface area contributed by atoms with E-state index in [4.69, 9.17) is 5.73 Å². The van der Waals surface area contributed by atoms with Gasteiger partial charge in [0.1, 0.15) is 0 Å². The SMILES string of the molecule is CCCCCNC(=O)C(C)Sc1n[nH]c(N)n1. The van der Waals surface area contributed by atoms with Gasteiger partial charge in [-0.3, -0.25) is 4.79 Å². The maximum Gasteiger partial charge on any atom is 0.233 e. The molecule has 0 aliphatic heterocycles. The summed E-state index contributed by atoms with van der Waals surface area (Å²) in [6, 6.07) is 0. The van der Waals surface area contributed by atoms with E-state index in [1.165, 1.54) is 11.8 Å². The summed E-state index contributed by atoms with van der Waals surface area (Å²) in [4.78, 5) is 15.6. The normalized spacial score (nSPS) is 12.4. The van der Waals surface area contributed by atoms with Crippen LogP contribution in [0.3, 0.4) is 0 Å². The fourth-order valence-corrected chi connectivity index (χ4v) is 2.01. The average Bonchev–Trinajstić information content (AvgIpc) is 2.70. The van der Waals surface area contributed by atoms with Crippen LogP contribution in [0, 0.1) is 0 Å².